The van der Waals surface area contributed by atoms with E-state index in [4.69, 9.17) is 4.74 Å². The molecule has 0 aliphatic heterocycles. The molecule has 1 fully saturated rings. The van der Waals surface area contributed by atoms with E-state index in [-0.39, 0.29) is 11.5 Å². The topological polar surface area (TPSA) is 60.4 Å². The second-order valence-corrected chi connectivity index (χ2v) is 6.41. The average molecular weight is 298 g/mol. The quantitative estimate of drug-likeness (QED) is 0.784. The van der Waals surface area contributed by atoms with Crippen LogP contribution in [0.15, 0.2) is 46.5 Å². The molecule has 1 aliphatic carbocycles. The Hall–Kier alpha value is -1.69. The third-order valence-electron chi connectivity index (χ3n) is 3.08. The molecule has 6 heteroatoms. The fraction of sp³-hybridized carbons (Fsp3) is 0.357. The molecular formula is C14H15FO4S. The molecule has 0 bridgehead atoms. The maximum atomic E-state index is 13.9. The van der Waals surface area contributed by atoms with Crippen molar-refractivity contribution in [2.45, 2.75) is 18.2 Å². The number of sulfone groups is 1. The number of carbonyl (C=O) groups excluding carboxylic acids is 1. The van der Waals surface area contributed by atoms with E-state index in [1.54, 1.807) is 13.0 Å². The third-order valence-corrected chi connectivity index (χ3v) is 4.63. The van der Waals surface area contributed by atoms with Gasteiger partial charge >= 0.3 is 5.97 Å². The highest BCUT2D eigenvalue weighted by atomic mass is 32.2. The molecular weight excluding hydrogens is 283 g/mol. The molecule has 4 nitrogen and oxygen atoms in total. The van der Waals surface area contributed by atoms with Gasteiger partial charge in [0.05, 0.1) is 17.4 Å². The molecule has 1 aromatic carbocycles. The molecule has 1 aromatic rings. The molecule has 0 radical (unpaired) electrons. The molecule has 0 amide bonds. The largest absolute Gasteiger partial charge is 0.466 e. The summed E-state index contributed by atoms with van der Waals surface area (Å²) in [6.07, 6.45) is 1.43. The lowest BCUT2D eigenvalue weighted by Gasteiger charge is -2.01. The van der Waals surface area contributed by atoms with Crippen LogP contribution in [0, 0.1) is 11.8 Å². The van der Waals surface area contributed by atoms with Crippen molar-refractivity contribution in [1.29, 1.82) is 0 Å². The van der Waals surface area contributed by atoms with Crippen molar-refractivity contribution in [2.24, 2.45) is 11.8 Å². The lowest BCUT2D eigenvalue weighted by Crippen LogP contribution is -2.07. The smallest absolute Gasteiger partial charge is 0.309 e. The Kier molecular flexibility index (Phi) is 4.23. The van der Waals surface area contributed by atoms with Crippen molar-refractivity contribution in [3.05, 3.63) is 41.6 Å². The van der Waals surface area contributed by atoms with Crippen molar-refractivity contribution >= 4 is 15.8 Å². The molecule has 1 saturated carbocycles. The number of halogens is 1. The van der Waals surface area contributed by atoms with Gasteiger partial charge in [-0.3, -0.25) is 4.79 Å². The number of hydrogen-bond donors (Lipinski definition) is 0. The fourth-order valence-electron chi connectivity index (χ4n) is 1.89. The Morgan fingerprint density at radius 1 is 1.40 bits per heavy atom. The van der Waals surface area contributed by atoms with Crippen LogP contribution in [0.5, 0.6) is 0 Å². The van der Waals surface area contributed by atoms with Gasteiger partial charge in [0.15, 0.2) is 0 Å². The zero-order valence-electron chi connectivity index (χ0n) is 11.0. The Balaban J connectivity index is 2.11. The summed E-state index contributed by atoms with van der Waals surface area (Å²) in [7, 11) is -4.11. The van der Waals surface area contributed by atoms with E-state index in [2.05, 4.69) is 0 Å². The molecule has 0 N–H and O–H groups in total. The molecule has 2 rings (SSSR count). The Morgan fingerprint density at radius 2 is 2.05 bits per heavy atom. The fourth-order valence-corrected chi connectivity index (χ4v) is 2.98. The summed E-state index contributed by atoms with van der Waals surface area (Å²) < 4.78 is 42.6. The number of esters is 1. The van der Waals surface area contributed by atoms with Crippen molar-refractivity contribution in [3.63, 3.8) is 0 Å². The van der Waals surface area contributed by atoms with E-state index in [9.17, 15) is 17.6 Å². The first kappa shape index (κ1) is 14.7. The molecule has 0 heterocycles. The van der Waals surface area contributed by atoms with Gasteiger partial charge in [0.1, 0.15) is 0 Å². The predicted octanol–water partition coefficient (Wildman–Crippen LogP) is 2.47. The number of allylic oxidation sites excluding steroid dienone is 1. The van der Waals surface area contributed by atoms with Crippen LogP contribution >= 0.6 is 0 Å². The Morgan fingerprint density at radius 3 is 2.65 bits per heavy atom. The number of benzene rings is 1. The minimum absolute atomic E-state index is 0.0953. The van der Waals surface area contributed by atoms with E-state index in [1.807, 2.05) is 0 Å². The van der Waals surface area contributed by atoms with Gasteiger partial charge in [0.25, 0.3) is 0 Å². The van der Waals surface area contributed by atoms with Gasteiger partial charge in [-0.05, 0) is 37.5 Å². The summed E-state index contributed by atoms with van der Waals surface area (Å²) in [6, 6.07) is 7.37. The van der Waals surface area contributed by atoms with Crippen LogP contribution in [-0.2, 0) is 19.4 Å². The molecule has 2 atom stereocenters. The zero-order valence-corrected chi connectivity index (χ0v) is 11.8. The van der Waals surface area contributed by atoms with E-state index >= 15 is 0 Å². The van der Waals surface area contributed by atoms with Gasteiger partial charge in [0, 0.05) is 0 Å². The van der Waals surface area contributed by atoms with Gasteiger partial charge in [-0.1, -0.05) is 18.2 Å². The summed E-state index contributed by atoms with van der Waals surface area (Å²) >= 11 is 0. The lowest BCUT2D eigenvalue weighted by atomic mass is 10.3. The van der Waals surface area contributed by atoms with Gasteiger partial charge in [0.2, 0.25) is 15.0 Å². The van der Waals surface area contributed by atoms with Crippen molar-refractivity contribution in [1.82, 2.24) is 0 Å². The standard InChI is InChI=1S/C14H15FO4S/c1-2-19-14(16)12-8-10(12)9-13(15)20(17,18)11-6-4-3-5-7-11/h3-7,9-10,12H,2,8H2,1H3/b13-9+/t10-,12-/m1/s1. The van der Waals surface area contributed by atoms with Crippen molar-refractivity contribution in [2.75, 3.05) is 6.61 Å². The van der Waals surface area contributed by atoms with Gasteiger partial charge in [-0.25, -0.2) is 8.42 Å². The Bertz CT molecular complexity index is 622. The van der Waals surface area contributed by atoms with Gasteiger partial charge < -0.3 is 4.74 Å². The first-order chi connectivity index (χ1) is 9.46. The van der Waals surface area contributed by atoms with Crippen LogP contribution in [0.2, 0.25) is 0 Å². The maximum Gasteiger partial charge on any atom is 0.309 e. The number of carbonyl (C=O) groups is 1. The van der Waals surface area contributed by atoms with Crippen LogP contribution in [0.25, 0.3) is 0 Å². The van der Waals surface area contributed by atoms with Crippen molar-refractivity contribution in [3.8, 4) is 0 Å². The summed E-state index contributed by atoms with van der Waals surface area (Å²) in [5, 5.41) is -1.21. The summed E-state index contributed by atoms with van der Waals surface area (Å²) in [4.78, 5) is 11.3. The highest BCUT2D eigenvalue weighted by Gasteiger charge is 2.44. The molecule has 0 saturated heterocycles. The van der Waals surface area contributed by atoms with E-state index in [0.717, 1.165) is 6.08 Å². The predicted molar refractivity (Wildman–Crippen MR) is 71.0 cm³/mol. The zero-order chi connectivity index (χ0) is 14.8. The summed E-state index contributed by atoms with van der Waals surface area (Å²) in [5.41, 5.74) is 0. The number of hydrogen-bond acceptors (Lipinski definition) is 4. The molecule has 0 spiro atoms. The monoisotopic (exact) mass is 298 g/mol. The second-order valence-electron chi connectivity index (χ2n) is 4.55. The number of rotatable bonds is 5. The minimum Gasteiger partial charge on any atom is -0.466 e. The van der Waals surface area contributed by atoms with Crippen LogP contribution in [0.3, 0.4) is 0 Å². The van der Waals surface area contributed by atoms with Crippen LogP contribution in [0.4, 0.5) is 4.39 Å². The van der Waals surface area contributed by atoms with Gasteiger partial charge in [-0.15, -0.1) is 0 Å². The van der Waals surface area contributed by atoms with Crippen LogP contribution in [0.1, 0.15) is 13.3 Å². The normalized spacial score (nSPS) is 22.4. The van der Waals surface area contributed by atoms with E-state index in [0.29, 0.717) is 6.42 Å². The van der Waals surface area contributed by atoms with Crippen molar-refractivity contribution < 1.29 is 22.3 Å². The number of ether oxygens (including phenoxy) is 1. The van der Waals surface area contributed by atoms with E-state index in [1.165, 1.54) is 24.3 Å². The molecule has 20 heavy (non-hydrogen) atoms. The summed E-state index contributed by atoms with van der Waals surface area (Å²) in [5.74, 6) is -1.22. The molecule has 0 aromatic heterocycles. The SMILES string of the molecule is CCOC(=O)[C@@H]1C[C@@H]1/C=C(\F)S(=O)(=O)c1ccccc1. The minimum atomic E-state index is -4.11. The van der Waals surface area contributed by atoms with Gasteiger partial charge in [-0.2, -0.15) is 4.39 Å². The third kappa shape index (κ3) is 3.07. The average Bonchev–Trinajstić information content (AvgIpc) is 3.19. The highest BCUT2D eigenvalue weighted by Crippen LogP contribution is 2.42. The first-order valence-corrected chi connectivity index (χ1v) is 7.79. The molecule has 108 valence electrons. The van der Waals surface area contributed by atoms with E-state index < -0.39 is 32.8 Å². The molecule has 0 unspecified atom stereocenters. The van der Waals surface area contributed by atoms with Crippen LogP contribution in [-0.4, -0.2) is 21.0 Å². The Labute approximate surface area is 117 Å². The summed E-state index contributed by atoms with van der Waals surface area (Å²) in [6.45, 7) is 1.95. The lowest BCUT2D eigenvalue weighted by molar-refractivity contribution is -0.144. The first-order valence-electron chi connectivity index (χ1n) is 6.31. The van der Waals surface area contributed by atoms with Crippen LogP contribution < -0.4 is 0 Å². The maximum absolute atomic E-state index is 13.9. The molecule has 1 aliphatic rings. The second kappa shape index (κ2) is 5.75. The highest BCUT2D eigenvalue weighted by molar-refractivity contribution is 7.95.